The highest BCUT2D eigenvalue weighted by Gasteiger charge is 2.22. The fraction of sp³-hybridized carbons (Fsp3) is 0. The van der Waals surface area contributed by atoms with Crippen LogP contribution in [0.15, 0.2) is 82.0 Å². The Labute approximate surface area is 169 Å². The molecule has 0 spiro atoms. The van der Waals surface area contributed by atoms with E-state index in [9.17, 15) is 9.59 Å². The second-order valence-corrected chi connectivity index (χ2v) is 6.81. The highest BCUT2D eigenvalue weighted by atomic mass is 35.5. The van der Waals surface area contributed by atoms with E-state index >= 15 is 0 Å². The van der Waals surface area contributed by atoms with E-state index in [0.29, 0.717) is 21.6 Å². The van der Waals surface area contributed by atoms with Gasteiger partial charge >= 0.3 is 11.6 Å². The first-order valence-corrected chi connectivity index (χ1v) is 9.08. The molecule has 0 radical (unpaired) electrons. The quantitative estimate of drug-likeness (QED) is 0.307. The Hall–Kier alpha value is -3.08. The average Bonchev–Trinajstić information content (AvgIpc) is 2.70. The van der Waals surface area contributed by atoms with Crippen molar-refractivity contribution >= 4 is 40.1 Å². The summed E-state index contributed by atoms with van der Waals surface area (Å²) < 4.78 is 11.1. The molecule has 0 unspecified atom stereocenters. The van der Waals surface area contributed by atoms with Gasteiger partial charge in [-0.05, 0) is 35.9 Å². The van der Waals surface area contributed by atoms with Gasteiger partial charge in [0.05, 0.1) is 16.0 Å². The molecule has 0 aliphatic rings. The Kier molecular flexibility index (Phi) is 4.90. The zero-order valence-corrected chi connectivity index (χ0v) is 15.8. The zero-order valence-electron chi connectivity index (χ0n) is 14.3. The summed E-state index contributed by atoms with van der Waals surface area (Å²) in [5.41, 5.74) is 0.537. The number of fused-ring (bicyclic) bond motifs is 1. The Morgan fingerprint density at radius 2 is 1.61 bits per heavy atom. The topological polar surface area (TPSA) is 56.5 Å². The van der Waals surface area contributed by atoms with Crippen molar-refractivity contribution in [1.29, 1.82) is 0 Å². The molecule has 0 fully saturated rings. The van der Waals surface area contributed by atoms with Crippen LogP contribution in [0.4, 0.5) is 0 Å². The minimum atomic E-state index is -0.722. The van der Waals surface area contributed by atoms with Gasteiger partial charge in [-0.2, -0.15) is 0 Å². The standard InChI is InChI=1S/C22H12Cl2O4/c23-14-10-11-17(24)16(12-14)21(25)28-20-15-8-4-5-9-18(15)27-22(26)19(20)13-6-2-1-3-7-13/h1-12H. The number of halogens is 2. The van der Waals surface area contributed by atoms with Gasteiger partial charge in [0.1, 0.15) is 11.1 Å². The second-order valence-electron chi connectivity index (χ2n) is 5.97. The van der Waals surface area contributed by atoms with Crippen molar-refractivity contribution in [3.8, 4) is 16.9 Å². The maximum absolute atomic E-state index is 12.8. The summed E-state index contributed by atoms with van der Waals surface area (Å²) in [6.45, 7) is 0. The normalized spacial score (nSPS) is 10.8. The molecule has 4 rings (SSSR count). The Bertz CT molecular complexity index is 1250. The number of rotatable bonds is 3. The molecule has 0 atom stereocenters. The summed E-state index contributed by atoms with van der Waals surface area (Å²) in [4.78, 5) is 25.5. The first-order chi connectivity index (χ1) is 13.5. The Morgan fingerprint density at radius 3 is 2.39 bits per heavy atom. The lowest BCUT2D eigenvalue weighted by Gasteiger charge is -2.12. The summed E-state index contributed by atoms with van der Waals surface area (Å²) in [6, 6.07) is 20.2. The van der Waals surface area contributed by atoms with Gasteiger partial charge in [-0.25, -0.2) is 9.59 Å². The number of hydrogen-bond acceptors (Lipinski definition) is 4. The average molecular weight is 411 g/mol. The van der Waals surface area contributed by atoms with Gasteiger partial charge in [0.2, 0.25) is 0 Å². The maximum Gasteiger partial charge on any atom is 0.348 e. The number of carbonyl (C=O) groups is 1. The minimum Gasteiger partial charge on any atom is -0.422 e. The molecule has 0 aliphatic carbocycles. The molecule has 0 saturated carbocycles. The fourth-order valence-corrected chi connectivity index (χ4v) is 3.25. The highest BCUT2D eigenvalue weighted by Crippen LogP contribution is 2.35. The lowest BCUT2D eigenvalue weighted by atomic mass is 10.0. The van der Waals surface area contributed by atoms with E-state index in [-0.39, 0.29) is 21.9 Å². The third-order valence-corrected chi connectivity index (χ3v) is 4.74. The zero-order chi connectivity index (χ0) is 19.7. The van der Waals surface area contributed by atoms with E-state index in [1.807, 2.05) is 6.07 Å². The van der Waals surface area contributed by atoms with Crippen LogP contribution in [0.3, 0.4) is 0 Å². The predicted molar refractivity (Wildman–Crippen MR) is 109 cm³/mol. The van der Waals surface area contributed by atoms with Crippen LogP contribution in [0.25, 0.3) is 22.1 Å². The van der Waals surface area contributed by atoms with Crippen LogP contribution in [0.2, 0.25) is 10.0 Å². The van der Waals surface area contributed by atoms with Gasteiger partial charge < -0.3 is 9.15 Å². The first kappa shape index (κ1) is 18.3. The molecule has 0 N–H and O–H groups in total. The van der Waals surface area contributed by atoms with Crippen molar-refractivity contribution in [3.63, 3.8) is 0 Å². The molecule has 1 aromatic heterocycles. The van der Waals surface area contributed by atoms with Crippen molar-refractivity contribution < 1.29 is 13.9 Å². The van der Waals surface area contributed by atoms with Crippen LogP contribution in [0.1, 0.15) is 10.4 Å². The molecule has 6 heteroatoms. The Balaban J connectivity index is 1.93. The van der Waals surface area contributed by atoms with Gasteiger partial charge in [0.25, 0.3) is 0 Å². The van der Waals surface area contributed by atoms with Crippen LogP contribution in [0, 0.1) is 0 Å². The number of hydrogen-bond donors (Lipinski definition) is 0. The molecule has 4 nitrogen and oxygen atoms in total. The molecular formula is C22H12Cl2O4. The molecule has 4 aromatic rings. The number of carbonyl (C=O) groups excluding carboxylic acids is 1. The summed E-state index contributed by atoms with van der Waals surface area (Å²) in [5.74, 6) is -0.612. The van der Waals surface area contributed by atoms with Crippen molar-refractivity contribution in [2.24, 2.45) is 0 Å². The Morgan fingerprint density at radius 1 is 0.893 bits per heavy atom. The molecule has 1 heterocycles. The van der Waals surface area contributed by atoms with Gasteiger partial charge in [-0.1, -0.05) is 65.7 Å². The highest BCUT2D eigenvalue weighted by molar-refractivity contribution is 6.35. The molecule has 0 amide bonds. The number of esters is 1. The van der Waals surface area contributed by atoms with E-state index in [1.165, 1.54) is 12.1 Å². The first-order valence-electron chi connectivity index (χ1n) is 8.33. The summed E-state index contributed by atoms with van der Waals surface area (Å²) in [6.07, 6.45) is 0. The lowest BCUT2D eigenvalue weighted by Crippen LogP contribution is -2.14. The number of para-hydroxylation sites is 1. The van der Waals surface area contributed by atoms with E-state index in [0.717, 1.165) is 0 Å². The van der Waals surface area contributed by atoms with Crippen molar-refractivity contribution in [3.05, 3.63) is 98.8 Å². The second kappa shape index (κ2) is 7.50. The van der Waals surface area contributed by atoms with E-state index < -0.39 is 11.6 Å². The van der Waals surface area contributed by atoms with E-state index in [2.05, 4.69) is 0 Å². The minimum absolute atomic E-state index is 0.102. The van der Waals surface area contributed by atoms with E-state index in [4.69, 9.17) is 32.4 Å². The largest absolute Gasteiger partial charge is 0.422 e. The van der Waals surface area contributed by atoms with Crippen molar-refractivity contribution in [1.82, 2.24) is 0 Å². The summed E-state index contributed by atoms with van der Waals surface area (Å²) in [7, 11) is 0. The molecule has 3 aromatic carbocycles. The van der Waals surface area contributed by atoms with Gasteiger partial charge in [-0.15, -0.1) is 0 Å². The van der Waals surface area contributed by atoms with Crippen LogP contribution in [-0.2, 0) is 0 Å². The SMILES string of the molecule is O=C(Oc1c(-c2ccccc2)c(=O)oc2ccccc12)c1cc(Cl)ccc1Cl. The summed E-state index contributed by atoms with van der Waals surface area (Å²) >= 11 is 12.1. The molecule has 28 heavy (non-hydrogen) atoms. The van der Waals surface area contributed by atoms with Crippen LogP contribution < -0.4 is 10.4 Å². The van der Waals surface area contributed by atoms with Crippen molar-refractivity contribution in [2.75, 3.05) is 0 Å². The number of benzene rings is 3. The van der Waals surface area contributed by atoms with Crippen LogP contribution >= 0.6 is 23.2 Å². The van der Waals surface area contributed by atoms with Gasteiger partial charge in [0, 0.05) is 5.02 Å². The van der Waals surface area contributed by atoms with Crippen molar-refractivity contribution in [2.45, 2.75) is 0 Å². The van der Waals surface area contributed by atoms with Gasteiger partial charge in [0.15, 0.2) is 5.75 Å². The fourth-order valence-electron chi connectivity index (χ4n) is 2.88. The lowest BCUT2D eigenvalue weighted by molar-refractivity contribution is 0.0737. The molecular weight excluding hydrogens is 399 g/mol. The van der Waals surface area contributed by atoms with E-state index in [1.54, 1.807) is 54.6 Å². The predicted octanol–water partition coefficient (Wildman–Crippen LogP) is 5.99. The monoisotopic (exact) mass is 410 g/mol. The smallest absolute Gasteiger partial charge is 0.348 e. The van der Waals surface area contributed by atoms with Crippen LogP contribution in [0.5, 0.6) is 5.75 Å². The molecule has 0 bridgehead atoms. The third-order valence-electron chi connectivity index (χ3n) is 4.17. The molecule has 138 valence electrons. The van der Waals surface area contributed by atoms with Crippen LogP contribution in [-0.4, -0.2) is 5.97 Å². The third kappa shape index (κ3) is 3.40. The maximum atomic E-state index is 12.8. The molecule has 0 saturated heterocycles. The summed E-state index contributed by atoms with van der Waals surface area (Å²) in [5, 5.41) is 1.03. The number of ether oxygens (including phenoxy) is 1. The van der Waals surface area contributed by atoms with Gasteiger partial charge in [-0.3, -0.25) is 0 Å². The molecule has 0 aliphatic heterocycles.